The standard InChI is InChI=1S/C53H103N2O6P/c1-6-8-10-12-14-16-17-18-19-20-21-22-23-24-25-26-27-28-29-30-31-32-33-34-35-36-37-39-41-43-45-47-53(57)54-51(50-61-62(58,59)60-49-48-55(3,4)5)52(56)46-44-42-40-38-15-13-11-9-7-2/h15,20-21,38,44,46,51-52,56H,6-14,16-19,22-37,39-43,45,47-50H2,1-5H3,(H-,54,57,58,59)/p+1/b21-20-,38-15+,46-44+. The Morgan fingerprint density at radius 2 is 0.887 bits per heavy atom. The van der Waals surface area contributed by atoms with Crippen molar-refractivity contribution < 1.29 is 32.9 Å². The van der Waals surface area contributed by atoms with E-state index in [1.807, 2.05) is 27.2 Å². The van der Waals surface area contributed by atoms with E-state index in [-0.39, 0.29) is 19.1 Å². The largest absolute Gasteiger partial charge is 0.472 e. The average Bonchev–Trinajstić information content (AvgIpc) is 3.23. The number of amides is 1. The molecule has 0 aliphatic carbocycles. The van der Waals surface area contributed by atoms with Crippen molar-refractivity contribution in [1.29, 1.82) is 0 Å². The van der Waals surface area contributed by atoms with E-state index >= 15 is 0 Å². The minimum Gasteiger partial charge on any atom is -0.387 e. The van der Waals surface area contributed by atoms with Crippen LogP contribution in [-0.4, -0.2) is 73.4 Å². The molecule has 0 saturated heterocycles. The first kappa shape index (κ1) is 60.7. The summed E-state index contributed by atoms with van der Waals surface area (Å²) < 4.78 is 23.5. The molecular formula is C53H104N2O6P+. The number of aliphatic hydroxyl groups excluding tert-OH is 1. The van der Waals surface area contributed by atoms with Gasteiger partial charge in [0.2, 0.25) is 5.91 Å². The van der Waals surface area contributed by atoms with Gasteiger partial charge in [-0.15, -0.1) is 0 Å². The number of rotatable bonds is 48. The van der Waals surface area contributed by atoms with Crippen molar-refractivity contribution in [1.82, 2.24) is 5.32 Å². The van der Waals surface area contributed by atoms with Crippen LogP contribution in [0, 0.1) is 0 Å². The third-order valence-corrected chi connectivity index (χ3v) is 12.8. The van der Waals surface area contributed by atoms with Crippen LogP contribution in [0.25, 0.3) is 0 Å². The van der Waals surface area contributed by atoms with E-state index in [1.54, 1.807) is 6.08 Å². The van der Waals surface area contributed by atoms with Gasteiger partial charge in [-0.1, -0.05) is 217 Å². The highest BCUT2D eigenvalue weighted by atomic mass is 31.2. The number of carbonyl (C=O) groups is 1. The zero-order valence-corrected chi connectivity index (χ0v) is 42.5. The predicted octanol–water partition coefficient (Wildman–Crippen LogP) is 15.4. The highest BCUT2D eigenvalue weighted by molar-refractivity contribution is 7.47. The van der Waals surface area contributed by atoms with Gasteiger partial charge in [0.1, 0.15) is 13.2 Å². The molecule has 62 heavy (non-hydrogen) atoms. The van der Waals surface area contributed by atoms with Gasteiger partial charge in [-0.25, -0.2) is 4.57 Å². The molecule has 9 heteroatoms. The van der Waals surface area contributed by atoms with E-state index in [2.05, 4.69) is 43.5 Å². The Hall–Kier alpha value is -1.28. The molecule has 0 aromatic carbocycles. The van der Waals surface area contributed by atoms with Crippen molar-refractivity contribution in [2.24, 2.45) is 0 Å². The number of nitrogens with one attached hydrogen (secondary N) is 1. The maximum Gasteiger partial charge on any atom is 0.472 e. The van der Waals surface area contributed by atoms with Crippen LogP contribution >= 0.6 is 7.82 Å². The van der Waals surface area contributed by atoms with Crippen LogP contribution in [0.15, 0.2) is 36.5 Å². The Kier molecular flexibility index (Phi) is 44.0. The van der Waals surface area contributed by atoms with Gasteiger partial charge in [0.25, 0.3) is 0 Å². The summed E-state index contributed by atoms with van der Waals surface area (Å²) in [5, 5.41) is 13.8. The summed E-state index contributed by atoms with van der Waals surface area (Å²) in [6.45, 7) is 4.75. The van der Waals surface area contributed by atoms with E-state index < -0.39 is 20.0 Å². The number of allylic oxidation sites excluding steroid dienone is 5. The summed E-state index contributed by atoms with van der Waals surface area (Å²) in [6, 6.07) is -0.859. The molecule has 0 bridgehead atoms. The fraction of sp³-hybridized carbons (Fsp3) is 0.868. The van der Waals surface area contributed by atoms with E-state index in [9.17, 15) is 19.4 Å². The molecule has 0 saturated carbocycles. The molecule has 0 aromatic rings. The van der Waals surface area contributed by atoms with Gasteiger partial charge in [0.15, 0.2) is 0 Å². The third kappa shape index (κ3) is 46.7. The molecule has 0 fully saturated rings. The van der Waals surface area contributed by atoms with E-state index in [4.69, 9.17) is 9.05 Å². The number of nitrogens with zero attached hydrogens (tertiary/aromatic N) is 1. The van der Waals surface area contributed by atoms with Crippen molar-refractivity contribution >= 4 is 13.7 Å². The Morgan fingerprint density at radius 3 is 1.32 bits per heavy atom. The molecule has 0 heterocycles. The van der Waals surface area contributed by atoms with E-state index in [0.29, 0.717) is 17.4 Å². The number of unbranched alkanes of at least 4 members (excludes halogenated alkanes) is 31. The molecule has 366 valence electrons. The molecule has 0 radical (unpaired) electrons. The number of phosphoric acid groups is 1. The minimum absolute atomic E-state index is 0.0569. The van der Waals surface area contributed by atoms with Crippen LogP contribution < -0.4 is 5.32 Å². The molecule has 0 aromatic heterocycles. The molecule has 8 nitrogen and oxygen atoms in total. The van der Waals surface area contributed by atoms with Crippen LogP contribution in [-0.2, 0) is 18.4 Å². The van der Waals surface area contributed by atoms with Gasteiger partial charge < -0.3 is 19.8 Å². The van der Waals surface area contributed by atoms with Gasteiger partial charge in [-0.3, -0.25) is 13.8 Å². The van der Waals surface area contributed by atoms with Gasteiger partial charge in [0.05, 0.1) is 39.9 Å². The second kappa shape index (κ2) is 44.9. The van der Waals surface area contributed by atoms with Crippen molar-refractivity contribution in [2.45, 2.75) is 257 Å². The molecule has 0 rings (SSSR count). The van der Waals surface area contributed by atoms with E-state index in [0.717, 1.165) is 38.5 Å². The van der Waals surface area contributed by atoms with Gasteiger partial charge in [0, 0.05) is 6.42 Å². The quantitative estimate of drug-likeness (QED) is 0.0243. The first-order valence-corrected chi connectivity index (χ1v) is 27.9. The summed E-state index contributed by atoms with van der Waals surface area (Å²) >= 11 is 0. The average molecular weight is 896 g/mol. The van der Waals surface area contributed by atoms with Crippen LogP contribution in [0.4, 0.5) is 0 Å². The second-order valence-electron chi connectivity index (χ2n) is 19.2. The molecule has 0 aliphatic heterocycles. The van der Waals surface area contributed by atoms with Crippen LogP contribution in [0.5, 0.6) is 0 Å². The van der Waals surface area contributed by atoms with Gasteiger partial charge in [-0.05, 0) is 57.8 Å². The van der Waals surface area contributed by atoms with Gasteiger partial charge in [-0.2, -0.15) is 0 Å². The highest BCUT2D eigenvalue weighted by Gasteiger charge is 2.27. The van der Waals surface area contributed by atoms with Crippen molar-refractivity contribution in [2.75, 3.05) is 40.9 Å². The van der Waals surface area contributed by atoms with Gasteiger partial charge >= 0.3 is 7.82 Å². The highest BCUT2D eigenvalue weighted by Crippen LogP contribution is 2.43. The molecule has 3 unspecified atom stereocenters. The zero-order valence-electron chi connectivity index (χ0n) is 41.6. The molecule has 0 spiro atoms. The molecule has 1 amide bonds. The number of phosphoric ester groups is 1. The normalized spacial score (nSPS) is 14.4. The lowest BCUT2D eigenvalue weighted by atomic mass is 10.0. The summed E-state index contributed by atoms with van der Waals surface area (Å²) in [7, 11) is 1.56. The van der Waals surface area contributed by atoms with Crippen LogP contribution in [0.3, 0.4) is 0 Å². The topological polar surface area (TPSA) is 105 Å². The predicted molar refractivity (Wildman–Crippen MR) is 268 cm³/mol. The minimum atomic E-state index is -4.34. The van der Waals surface area contributed by atoms with Crippen molar-refractivity contribution in [3.05, 3.63) is 36.5 Å². The summed E-state index contributed by atoms with van der Waals surface area (Å²) in [5.74, 6) is -0.187. The van der Waals surface area contributed by atoms with E-state index in [1.165, 1.54) is 186 Å². The lowest BCUT2D eigenvalue weighted by Gasteiger charge is -2.25. The molecule has 3 atom stereocenters. The fourth-order valence-electron chi connectivity index (χ4n) is 7.64. The lowest BCUT2D eigenvalue weighted by molar-refractivity contribution is -0.870. The lowest BCUT2D eigenvalue weighted by Crippen LogP contribution is -2.45. The monoisotopic (exact) mass is 896 g/mol. The third-order valence-electron chi connectivity index (χ3n) is 11.8. The number of hydrogen-bond acceptors (Lipinski definition) is 5. The Morgan fingerprint density at radius 1 is 0.532 bits per heavy atom. The smallest absolute Gasteiger partial charge is 0.387 e. The second-order valence-corrected chi connectivity index (χ2v) is 20.7. The summed E-state index contributed by atoms with van der Waals surface area (Å²) in [4.78, 5) is 23.1. The Labute approximate surface area is 385 Å². The van der Waals surface area contributed by atoms with Crippen molar-refractivity contribution in [3.63, 3.8) is 0 Å². The Balaban J connectivity index is 3.96. The summed E-state index contributed by atoms with van der Waals surface area (Å²) in [6.07, 6.45) is 57.0. The summed E-state index contributed by atoms with van der Waals surface area (Å²) in [5.41, 5.74) is 0. The van der Waals surface area contributed by atoms with Crippen LogP contribution in [0.2, 0.25) is 0 Å². The van der Waals surface area contributed by atoms with Crippen LogP contribution in [0.1, 0.15) is 245 Å². The maximum atomic E-state index is 12.9. The molecule has 0 aliphatic rings. The maximum absolute atomic E-state index is 12.9. The molecular weight excluding hydrogens is 792 g/mol. The SMILES string of the molecule is CCCCC/C=C/CC/C=C/C(O)C(COP(=O)(O)OCC[N+](C)(C)C)NC(=O)CCCCCCCCCCCCCCCCCCCCC/C=C\CCCCCCCCCC. The number of quaternary nitrogens is 1. The number of likely N-dealkylation sites (N-methyl/N-ethyl adjacent to an activating group) is 1. The van der Waals surface area contributed by atoms with Crippen molar-refractivity contribution in [3.8, 4) is 0 Å². The number of aliphatic hydroxyl groups is 1. The number of carbonyl (C=O) groups excluding carboxylic acids is 1. The first-order valence-electron chi connectivity index (χ1n) is 26.4. The Bertz CT molecular complexity index is 1110. The molecule has 3 N–H and O–H groups in total. The first-order chi connectivity index (χ1) is 30.0. The zero-order chi connectivity index (χ0) is 45.7. The fourth-order valence-corrected chi connectivity index (χ4v) is 8.38. The number of hydrogen-bond donors (Lipinski definition) is 3.